The SMILES string of the molecule is O=c1[nH]c(-c2cc(C(F)(F)F)n(-c3ccc(Br)cn3)n2)no1. The summed E-state index contributed by atoms with van der Waals surface area (Å²) in [5.74, 6) is -1.13. The molecule has 0 aliphatic heterocycles. The van der Waals surface area contributed by atoms with E-state index in [2.05, 4.69) is 40.7 Å². The quantitative estimate of drug-likeness (QED) is 0.742. The third kappa shape index (κ3) is 2.66. The van der Waals surface area contributed by atoms with Gasteiger partial charge >= 0.3 is 11.9 Å². The third-order valence-electron chi connectivity index (χ3n) is 2.61. The molecule has 0 aromatic carbocycles. The standard InChI is InChI=1S/C11H5BrF3N5O2/c12-5-1-2-8(16-4-5)20-7(11(13,14)15)3-6(18-20)9-17-10(21)22-19-9/h1-4H,(H,17,19,21). The number of alkyl halides is 3. The van der Waals surface area contributed by atoms with Gasteiger partial charge < -0.3 is 0 Å². The first-order valence-corrected chi connectivity index (χ1v) is 6.49. The molecule has 0 spiro atoms. The minimum Gasteiger partial charge on any atom is -0.296 e. The Morgan fingerprint density at radius 3 is 2.64 bits per heavy atom. The molecule has 114 valence electrons. The third-order valence-corrected chi connectivity index (χ3v) is 3.08. The second-order valence-corrected chi connectivity index (χ2v) is 5.02. The lowest BCUT2D eigenvalue weighted by Crippen LogP contribution is -2.14. The highest BCUT2D eigenvalue weighted by atomic mass is 79.9. The van der Waals surface area contributed by atoms with E-state index in [-0.39, 0.29) is 17.3 Å². The molecule has 0 radical (unpaired) electrons. The van der Waals surface area contributed by atoms with E-state index < -0.39 is 17.6 Å². The van der Waals surface area contributed by atoms with E-state index in [4.69, 9.17) is 0 Å². The number of pyridine rings is 1. The van der Waals surface area contributed by atoms with Crippen LogP contribution in [-0.2, 0) is 6.18 Å². The van der Waals surface area contributed by atoms with E-state index in [9.17, 15) is 18.0 Å². The first kappa shape index (κ1) is 14.5. The van der Waals surface area contributed by atoms with Gasteiger partial charge in [-0.1, -0.05) is 5.16 Å². The van der Waals surface area contributed by atoms with Gasteiger partial charge in [-0.3, -0.25) is 9.51 Å². The second kappa shape index (κ2) is 5.09. The van der Waals surface area contributed by atoms with E-state index in [1.165, 1.54) is 18.3 Å². The van der Waals surface area contributed by atoms with Crippen LogP contribution in [0.15, 0.2) is 38.2 Å². The van der Waals surface area contributed by atoms with Crippen LogP contribution in [0.3, 0.4) is 0 Å². The smallest absolute Gasteiger partial charge is 0.296 e. The van der Waals surface area contributed by atoms with Crippen LogP contribution in [-0.4, -0.2) is 24.9 Å². The number of H-pyrrole nitrogens is 1. The van der Waals surface area contributed by atoms with E-state index in [0.717, 1.165) is 6.07 Å². The van der Waals surface area contributed by atoms with E-state index in [1.807, 2.05) is 0 Å². The molecule has 0 amide bonds. The predicted molar refractivity (Wildman–Crippen MR) is 70.2 cm³/mol. The molecular formula is C11H5BrF3N5O2. The van der Waals surface area contributed by atoms with Gasteiger partial charge in [-0.2, -0.15) is 18.3 Å². The van der Waals surface area contributed by atoms with Crippen molar-refractivity contribution in [2.75, 3.05) is 0 Å². The number of aromatic nitrogens is 5. The monoisotopic (exact) mass is 375 g/mol. The number of nitrogens with one attached hydrogen (secondary N) is 1. The van der Waals surface area contributed by atoms with Gasteiger partial charge in [0.25, 0.3) is 0 Å². The summed E-state index contributed by atoms with van der Waals surface area (Å²) in [7, 11) is 0. The van der Waals surface area contributed by atoms with Crippen molar-refractivity contribution >= 4 is 15.9 Å². The van der Waals surface area contributed by atoms with Crippen LogP contribution in [0.1, 0.15) is 5.69 Å². The molecule has 1 N–H and O–H groups in total. The molecule has 3 rings (SSSR count). The highest BCUT2D eigenvalue weighted by Gasteiger charge is 2.37. The zero-order valence-electron chi connectivity index (χ0n) is 10.4. The fourth-order valence-corrected chi connectivity index (χ4v) is 1.94. The summed E-state index contributed by atoms with van der Waals surface area (Å²) in [6.07, 6.45) is -3.32. The van der Waals surface area contributed by atoms with Crippen molar-refractivity contribution in [3.05, 3.63) is 45.1 Å². The van der Waals surface area contributed by atoms with Crippen LogP contribution in [0.2, 0.25) is 0 Å². The van der Waals surface area contributed by atoms with Crippen molar-refractivity contribution in [1.29, 1.82) is 0 Å². The maximum absolute atomic E-state index is 13.1. The second-order valence-electron chi connectivity index (χ2n) is 4.10. The molecule has 3 heterocycles. The van der Waals surface area contributed by atoms with Crippen molar-refractivity contribution < 1.29 is 17.7 Å². The minimum absolute atomic E-state index is 0.0346. The average Bonchev–Trinajstić information content (AvgIpc) is 3.05. The molecule has 0 aliphatic carbocycles. The molecule has 0 atom stereocenters. The zero-order chi connectivity index (χ0) is 15.9. The Bertz CT molecular complexity index is 865. The van der Waals surface area contributed by atoms with Gasteiger partial charge in [-0.15, -0.1) is 0 Å². The summed E-state index contributed by atoms with van der Waals surface area (Å²) < 4.78 is 44.9. The van der Waals surface area contributed by atoms with Gasteiger partial charge in [0.2, 0.25) is 5.82 Å². The molecule has 0 bridgehead atoms. The Morgan fingerprint density at radius 2 is 2.09 bits per heavy atom. The number of halogens is 4. The summed E-state index contributed by atoms with van der Waals surface area (Å²) in [5.41, 5.74) is -1.25. The van der Waals surface area contributed by atoms with Crippen LogP contribution >= 0.6 is 15.9 Å². The average molecular weight is 376 g/mol. The van der Waals surface area contributed by atoms with E-state index >= 15 is 0 Å². The predicted octanol–water partition coefficient (Wildman–Crippen LogP) is 2.39. The van der Waals surface area contributed by atoms with E-state index in [1.54, 1.807) is 0 Å². The van der Waals surface area contributed by atoms with Gasteiger partial charge in [-0.25, -0.2) is 14.5 Å². The Balaban J connectivity index is 2.17. The molecule has 0 saturated heterocycles. The Kier molecular flexibility index (Phi) is 3.35. The maximum Gasteiger partial charge on any atom is 0.439 e. The van der Waals surface area contributed by atoms with Crippen molar-refractivity contribution in [3.8, 4) is 17.3 Å². The molecule has 7 nitrogen and oxygen atoms in total. The minimum atomic E-state index is -4.66. The normalized spacial score (nSPS) is 11.8. The Hall–Kier alpha value is -2.43. The lowest BCUT2D eigenvalue weighted by Gasteiger charge is -2.09. The number of rotatable bonds is 2. The van der Waals surface area contributed by atoms with Gasteiger partial charge in [-0.05, 0) is 28.1 Å². The fraction of sp³-hybridized carbons (Fsp3) is 0.0909. The van der Waals surface area contributed by atoms with Crippen LogP contribution in [0.4, 0.5) is 13.2 Å². The summed E-state index contributed by atoms with van der Waals surface area (Å²) in [4.78, 5) is 16.9. The van der Waals surface area contributed by atoms with Crippen molar-refractivity contribution in [2.24, 2.45) is 0 Å². The number of nitrogens with zero attached hydrogens (tertiary/aromatic N) is 4. The number of aromatic amines is 1. The first-order valence-electron chi connectivity index (χ1n) is 5.70. The Morgan fingerprint density at radius 1 is 1.32 bits per heavy atom. The zero-order valence-corrected chi connectivity index (χ0v) is 12.0. The summed E-state index contributed by atoms with van der Waals surface area (Å²) in [5, 5.41) is 7.10. The summed E-state index contributed by atoms with van der Waals surface area (Å²) in [6, 6.07) is 3.64. The number of hydrogen-bond donors (Lipinski definition) is 1. The fourth-order valence-electron chi connectivity index (χ4n) is 1.71. The largest absolute Gasteiger partial charge is 0.439 e. The van der Waals surface area contributed by atoms with Crippen LogP contribution in [0.25, 0.3) is 17.3 Å². The van der Waals surface area contributed by atoms with Crippen molar-refractivity contribution in [3.63, 3.8) is 0 Å². The van der Waals surface area contributed by atoms with Crippen LogP contribution in [0, 0.1) is 0 Å². The van der Waals surface area contributed by atoms with Crippen molar-refractivity contribution in [2.45, 2.75) is 6.18 Å². The molecule has 0 unspecified atom stereocenters. The molecule has 3 aromatic heterocycles. The molecule has 0 saturated carbocycles. The lowest BCUT2D eigenvalue weighted by atomic mass is 10.3. The van der Waals surface area contributed by atoms with Crippen molar-refractivity contribution in [1.82, 2.24) is 24.9 Å². The first-order chi connectivity index (χ1) is 10.3. The van der Waals surface area contributed by atoms with Gasteiger partial charge in [0, 0.05) is 16.7 Å². The molecule has 11 heteroatoms. The highest BCUT2D eigenvalue weighted by molar-refractivity contribution is 9.10. The maximum atomic E-state index is 13.1. The number of hydrogen-bond acceptors (Lipinski definition) is 5. The lowest BCUT2D eigenvalue weighted by molar-refractivity contribution is -0.142. The molecule has 3 aromatic rings. The Labute approximate surface area is 127 Å². The molecular weight excluding hydrogens is 371 g/mol. The topological polar surface area (TPSA) is 89.6 Å². The summed E-state index contributed by atoms with van der Waals surface area (Å²) in [6.45, 7) is 0. The molecule has 22 heavy (non-hydrogen) atoms. The highest BCUT2D eigenvalue weighted by Crippen LogP contribution is 2.33. The van der Waals surface area contributed by atoms with Crippen LogP contribution < -0.4 is 5.76 Å². The summed E-state index contributed by atoms with van der Waals surface area (Å²) >= 11 is 3.14. The molecule has 0 aliphatic rings. The van der Waals surface area contributed by atoms with E-state index in [0.29, 0.717) is 9.15 Å². The van der Waals surface area contributed by atoms with Gasteiger partial charge in [0.1, 0.15) is 5.69 Å². The van der Waals surface area contributed by atoms with Crippen LogP contribution in [0.5, 0.6) is 0 Å². The van der Waals surface area contributed by atoms with Gasteiger partial charge in [0.15, 0.2) is 11.5 Å². The molecule has 0 fully saturated rings. The van der Waals surface area contributed by atoms with Gasteiger partial charge in [0.05, 0.1) is 0 Å².